The Morgan fingerprint density at radius 3 is 2.85 bits per heavy atom. The minimum Gasteiger partial charge on any atom is -0.392 e. The van der Waals surface area contributed by atoms with E-state index in [9.17, 15) is 14.3 Å². The summed E-state index contributed by atoms with van der Waals surface area (Å²) in [4.78, 5) is 12.0. The third kappa shape index (κ3) is 3.23. The van der Waals surface area contributed by atoms with E-state index in [2.05, 4.69) is 10.6 Å². The van der Waals surface area contributed by atoms with Crippen molar-refractivity contribution in [1.82, 2.24) is 10.6 Å². The Labute approximate surface area is 126 Å². The topological polar surface area (TPSA) is 61.4 Å². The van der Waals surface area contributed by atoms with Crippen molar-refractivity contribution in [2.24, 2.45) is 0 Å². The van der Waals surface area contributed by atoms with Gasteiger partial charge < -0.3 is 15.7 Å². The first kappa shape index (κ1) is 15.5. The first-order chi connectivity index (χ1) is 9.40. The Kier molecular flexibility index (Phi) is 4.86. The first-order valence-corrected chi connectivity index (χ1v) is 7.01. The summed E-state index contributed by atoms with van der Waals surface area (Å²) >= 11 is 11.9. The van der Waals surface area contributed by atoms with Gasteiger partial charge in [-0.25, -0.2) is 4.39 Å². The normalized spacial score (nSPS) is 23.6. The number of hydrogen-bond donors (Lipinski definition) is 3. The van der Waals surface area contributed by atoms with Gasteiger partial charge in [0.15, 0.2) is 0 Å². The van der Waals surface area contributed by atoms with Crippen LogP contribution in [0.2, 0.25) is 10.0 Å². The lowest BCUT2D eigenvalue weighted by Crippen LogP contribution is -2.41. The average molecular weight is 321 g/mol. The van der Waals surface area contributed by atoms with Crippen molar-refractivity contribution in [3.8, 4) is 0 Å². The molecule has 2 rings (SSSR count). The molecule has 3 atom stereocenters. The van der Waals surface area contributed by atoms with Crippen molar-refractivity contribution in [2.75, 3.05) is 6.54 Å². The third-order valence-corrected chi connectivity index (χ3v) is 4.01. The van der Waals surface area contributed by atoms with Gasteiger partial charge in [-0.1, -0.05) is 23.2 Å². The van der Waals surface area contributed by atoms with Crippen LogP contribution < -0.4 is 10.6 Å². The van der Waals surface area contributed by atoms with Gasteiger partial charge in [-0.15, -0.1) is 0 Å². The summed E-state index contributed by atoms with van der Waals surface area (Å²) in [6.07, 6.45) is -0.175. The van der Waals surface area contributed by atoms with Gasteiger partial charge in [0.25, 0.3) is 0 Å². The van der Waals surface area contributed by atoms with Crippen molar-refractivity contribution in [1.29, 1.82) is 0 Å². The summed E-state index contributed by atoms with van der Waals surface area (Å²) in [6, 6.07) is 1.59. The summed E-state index contributed by atoms with van der Waals surface area (Å²) in [5.74, 6) is -0.855. The molecular weight excluding hydrogens is 306 g/mol. The maximum Gasteiger partial charge on any atom is 0.237 e. The number of aliphatic hydroxyl groups excluding tert-OH is 1. The summed E-state index contributed by atoms with van der Waals surface area (Å²) < 4.78 is 13.5. The molecule has 20 heavy (non-hydrogen) atoms. The third-order valence-electron chi connectivity index (χ3n) is 3.30. The van der Waals surface area contributed by atoms with Crippen molar-refractivity contribution < 1.29 is 14.3 Å². The molecule has 7 heteroatoms. The largest absolute Gasteiger partial charge is 0.392 e. The fourth-order valence-corrected chi connectivity index (χ4v) is 2.94. The molecule has 0 saturated carbocycles. The number of aliphatic hydroxyl groups is 1. The van der Waals surface area contributed by atoms with Crippen LogP contribution in [0.25, 0.3) is 0 Å². The van der Waals surface area contributed by atoms with Crippen molar-refractivity contribution in [3.05, 3.63) is 33.6 Å². The number of benzene rings is 1. The predicted octanol–water partition coefficient (Wildman–Crippen LogP) is 2.03. The van der Waals surface area contributed by atoms with Gasteiger partial charge in [0.2, 0.25) is 5.91 Å². The minimum atomic E-state index is -0.582. The number of rotatable bonds is 3. The van der Waals surface area contributed by atoms with Gasteiger partial charge in [0.1, 0.15) is 5.82 Å². The number of carbonyl (C=O) groups is 1. The van der Waals surface area contributed by atoms with E-state index in [1.807, 2.05) is 0 Å². The van der Waals surface area contributed by atoms with Gasteiger partial charge in [-0.3, -0.25) is 4.79 Å². The van der Waals surface area contributed by atoms with E-state index in [0.717, 1.165) is 0 Å². The monoisotopic (exact) mass is 320 g/mol. The van der Waals surface area contributed by atoms with Crippen LogP contribution >= 0.6 is 23.2 Å². The zero-order chi connectivity index (χ0) is 14.9. The maximum absolute atomic E-state index is 13.5. The van der Waals surface area contributed by atoms with Crippen LogP contribution in [0.5, 0.6) is 0 Å². The minimum absolute atomic E-state index is 0.0929. The molecule has 1 amide bonds. The highest BCUT2D eigenvalue weighted by Crippen LogP contribution is 2.32. The second-order valence-electron chi connectivity index (χ2n) is 4.84. The Bertz CT molecular complexity index is 527. The lowest BCUT2D eigenvalue weighted by Gasteiger charge is -2.19. The lowest BCUT2D eigenvalue weighted by molar-refractivity contribution is -0.123. The molecule has 0 aromatic heterocycles. The zero-order valence-corrected chi connectivity index (χ0v) is 12.3. The molecule has 0 bridgehead atoms. The number of carbonyl (C=O) groups excluding carboxylic acids is 1. The number of hydrogen-bond acceptors (Lipinski definition) is 3. The van der Waals surface area contributed by atoms with Crippen LogP contribution in [0.3, 0.4) is 0 Å². The Morgan fingerprint density at radius 2 is 2.25 bits per heavy atom. The van der Waals surface area contributed by atoms with Crippen LogP contribution in [0, 0.1) is 5.82 Å². The van der Waals surface area contributed by atoms with Crippen LogP contribution in [0.1, 0.15) is 24.9 Å². The summed E-state index contributed by atoms with van der Waals surface area (Å²) in [5.41, 5.74) is 0.347. The Balaban J connectivity index is 2.10. The Hall–Kier alpha value is -0.880. The number of halogens is 3. The van der Waals surface area contributed by atoms with Crippen LogP contribution in [0.4, 0.5) is 4.39 Å². The van der Waals surface area contributed by atoms with Gasteiger partial charge in [-0.05, 0) is 25.5 Å². The maximum atomic E-state index is 13.5. The molecule has 1 fully saturated rings. The van der Waals surface area contributed by atoms with Crippen molar-refractivity contribution in [3.63, 3.8) is 0 Å². The summed E-state index contributed by atoms with van der Waals surface area (Å²) in [7, 11) is 0. The van der Waals surface area contributed by atoms with E-state index in [-0.39, 0.29) is 10.9 Å². The molecule has 1 aliphatic rings. The molecule has 1 aromatic rings. The molecule has 4 nitrogen and oxygen atoms in total. The van der Waals surface area contributed by atoms with Gasteiger partial charge in [-0.2, -0.15) is 0 Å². The highest BCUT2D eigenvalue weighted by Gasteiger charge is 2.29. The van der Waals surface area contributed by atoms with Crippen LogP contribution in [-0.4, -0.2) is 29.7 Å². The molecule has 0 radical (unpaired) electrons. The lowest BCUT2D eigenvalue weighted by atomic mass is 10.1. The summed E-state index contributed by atoms with van der Waals surface area (Å²) in [6.45, 7) is 2.06. The molecule has 1 heterocycles. The van der Waals surface area contributed by atoms with Crippen molar-refractivity contribution >= 4 is 29.1 Å². The molecule has 1 aromatic carbocycles. The van der Waals surface area contributed by atoms with E-state index in [0.29, 0.717) is 23.6 Å². The average Bonchev–Trinajstić information content (AvgIpc) is 2.81. The van der Waals surface area contributed by atoms with E-state index < -0.39 is 24.0 Å². The first-order valence-electron chi connectivity index (χ1n) is 6.25. The number of β-amino-alcohol motifs (C(OH)–C–C–N with tert-alkyl or cyclic N) is 1. The molecule has 0 spiro atoms. The van der Waals surface area contributed by atoms with Gasteiger partial charge >= 0.3 is 0 Å². The second kappa shape index (κ2) is 6.26. The van der Waals surface area contributed by atoms with Crippen LogP contribution in [-0.2, 0) is 4.79 Å². The standard InChI is InChI=1S/C13H15Cl2FN2O2/c1-6(11-8(14)2-3-9(16)12(11)15)18-13(20)10-4-7(19)5-17-10/h2-3,6-7,10,17,19H,4-5H2,1H3,(H,18,20)/t6-,7+,10-/m0/s1. The van der Waals surface area contributed by atoms with Gasteiger partial charge in [0, 0.05) is 17.1 Å². The van der Waals surface area contributed by atoms with E-state index >= 15 is 0 Å². The molecule has 1 aliphatic heterocycles. The highest BCUT2D eigenvalue weighted by molar-refractivity contribution is 6.36. The highest BCUT2D eigenvalue weighted by atomic mass is 35.5. The molecule has 0 unspecified atom stereocenters. The number of nitrogens with one attached hydrogen (secondary N) is 2. The smallest absolute Gasteiger partial charge is 0.237 e. The number of amides is 1. The van der Waals surface area contributed by atoms with E-state index in [4.69, 9.17) is 23.2 Å². The molecule has 1 saturated heterocycles. The fourth-order valence-electron chi connectivity index (χ4n) is 2.24. The van der Waals surface area contributed by atoms with Gasteiger partial charge in [0.05, 0.1) is 23.2 Å². The quantitative estimate of drug-likeness (QED) is 0.747. The zero-order valence-electron chi connectivity index (χ0n) is 10.8. The van der Waals surface area contributed by atoms with Crippen LogP contribution in [0.15, 0.2) is 12.1 Å². The molecule has 3 N–H and O–H groups in total. The second-order valence-corrected chi connectivity index (χ2v) is 5.62. The van der Waals surface area contributed by atoms with Crippen molar-refractivity contribution in [2.45, 2.75) is 31.5 Å². The Morgan fingerprint density at radius 1 is 1.55 bits per heavy atom. The van der Waals surface area contributed by atoms with E-state index in [1.54, 1.807) is 6.92 Å². The molecular formula is C13H15Cl2FN2O2. The molecule has 0 aliphatic carbocycles. The SMILES string of the molecule is C[C@H](NC(=O)[C@@H]1C[C@@H](O)CN1)c1c(Cl)ccc(F)c1Cl. The molecule has 110 valence electrons. The van der Waals surface area contributed by atoms with E-state index in [1.165, 1.54) is 12.1 Å². The summed E-state index contributed by atoms with van der Waals surface area (Å²) in [5, 5.41) is 15.2. The predicted molar refractivity (Wildman–Crippen MR) is 75.4 cm³/mol. The fraction of sp³-hybridized carbons (Fsp3) is 0.462.